The number of nitrogens with zero attached hydrogens (tertiary/aromatic N) is 4. The number of carbonyl (C=O) groups excluding carboxylic acids is 2. The third-order valence-electron chi connectivity index (χ3n) is 5.72. The van der Waals surface area contributed by atoms with Gasteiger partial charge in [-0.3, -0.25) is 14.0 Å². The van der Waals surface area contributed by atoms with E-state index in [-0.39, 0.29) is 23.6 Å². The van der Waals surface area contributed by atoms with Crippen LogP contribution in [0.5, 0.6) is 0 Å². The quantitative estimate of drug-likeness (QED) is 0.829. The highest BCUT2D eigenvalue weighted by molar-refractivity contribution is 5.93. The van der Waals surface area contributed by atoms with Gasteiger partial charge < -0.3 is 9.80 Å². The molecule has 2 fully saturated rings. The van der Waals surface area contributed by atoms with Crippen molar-refractivity contribution < 1.29 is 14.0 Å². The van der Waals surface area contributed by atoms with Gasteiger partial charge in [-0.25, -0.2) is 4.98 Å². The number of piperidine rings is 1. The van der Waals surface area contributed by atoms with Crippen LogP contribution in [0, 0.1) is 12.9 Å². The maximum atomic E-state index is 14.8. The molecular formula is C20H25FN4O2. The molecule has 2 aromatic rings. The van der Waals surface area contributed by atoms with Crippen LogP contribution in [0.4, 0.5) is 4.39 Å². The summed E-state index contributed by atoms with van der Waals surface area (Å²) in [5.41, 5.74) is 1.31. The highest BCUT2D eigenvalue weighted by Crippen LogP contribution is 2.24. The van der Waals surface area contributed by atoms with Gasteiger partial charge in [0.1, 0.15) is 5.65 Å². The molecule has 0 bridgehead atoms. The zero-order valence-corrected chi connectivity index (χ0v) is 15.7. The first-order valence-electron chi connectivity index (χ1n) is 9.77. The van der Waals surface area contributed by atoms with Gasteiger partial charge in [0.25, 0.3) is 5.91 Å². The van der Waals surface area contributed by atoms with Gasteiger partial charge in [0.05, 0.1) is 0 Å². The molecule has 144 valence electrons. The Morgan fingerprint density at radius 1 is 1.30 bits per heavy atom. The Balaban J connectivity index is 1.53. The Bertz CT molecular complexity index is 878. The molecule has 0 saturated carbocycles. The summed E-state index contributed by atoms with van der Waals surface area (Å²) in [5, 5.41) is 0. The van der Waals surface area contributed by atoms with Crippen LogP contribution < -0.4 is 0 Å². The maximum absolute atomic E-state index is 14.8. The Hall–Kier alpha value is -2.44. The molecule has 2 aliphatic rings. The molecule has 2 aromatic heterocycles. The zero-order chi connectivity index (χ0) is 19.0. The summed E-state index contributed by atoms with van der Waals surface area (Å²) < 4.78 is 16.1. The highest BCUT2D eigenvalue weighted by atomic mass is 19.1. The van der Waals surface area contributed by atoms with Crippen molar-refractivity contribution in [1.82, 2.24) is 19.2 Å². The number of fused-ring (bicyclic) bond motifs is 1. The van der Waals surface area contributed by atoms with E-state index in [1.165, 1.54) is 4.40 Å². The largest absolute Gasteiger partial charge is 0.343 e. The third-order valence-corrected chi connectivity index (χ3v) is 5.72. The van der Waals surface area contributed by atoms with Gasteiger partial charge in [0.2, 0.25) is 11.9 Å². The standard InChI is InChI=1S/C20H25FN4O2/c1-14-7-12-25-16(13-14)22-18(19(25)21)20(27)24-10-3-2-5-15(24)8-11-23-9-4-6-17(23)26/h7,12-13,15H,2-6,8-11H2,1H3/t15-/m0/s1. The average Bonchev–Trinajstić information content (AvgIpc) is 3.22. The van der Waals surface area contributed by atoms with E-state index in [1.54, 1.807) is 23.2 Å². The van der Waals surface area contributed by atoms with E-state index < -0.39 is 5.95 Å². The van der Waals surface area contributed by atoms with Crippen LogP contribution >= 0.6 is 0 Å². The van der Waals surface area contributed by atoms with Crippen molar-refractivity contribution in [2.75, 3.05) is 19.6 Å². The van der Waals surface area contributed by atoms with Crippen molar-refractivity contribution in [2.45, 2.75) is 51.5 Å². The van der Waals surface area contributed by atoms with Gasteiger partial charge in [0.15, 0.2) is 5.69 Å². The number of hydrogen-bond acceptors (Lipinski definition) is 3. The normalized spacial score (nSPS) is 20.7. The van der Waals surface area contributed by atoms with E-state index >= 15 is 0 Å². The average molecular weight is 372 g/mol. The Kier molecular flexibility index (Phi) is 4.85. The minimum Gasteiger partial charge on any atom is -0.343 e. The molecule has 2 amide bonds. The van der Waals surface area contributed by atoms with Crippen molar-refractivity contribution in [3.05, 3.63) is 35.5 Å². The van der Waals surface area contributed by atoms with Crippen LogP contribution in [0.1, 0.15) is 54.6 Å². The Labute approximate surface area is 158 Å². The maximum Gasteiger partial charge on any atom is 0.277 e. The monoisotopic (exact) mass is 372 g/mol. The summed E-state index contributed by atoms with van der Waals surface area (Å²) in [5.74, 6) is -0.745. The number of amides is 2. The second-order valence-electron chi connectivity index (χ2n) is 7.60. The molecule has 0 unspecified atom stereocenters. The minimum absolute atomic E-state index is 0.0330. The van der Waals surface area contributed by atoms with Crippen LogP contribution in [0.3, 0.4) is 0 Å². The molecule has 4 heterocycles. The molecule has 4 rings (SSSR count). The molecule has 0 spiro atoms. The number of aryl methyl sites for hydroxylation is 1. The lowest BCUT2D eigenvalue weighted by Crippen LogP contribution is -2.45. The number of likely N-dealkylation sites (tertiary alicyclic amines) is 2. The number of pyridine rings is 1. The van der Waals surface area contributed by atoms with Crippen LogP contribution in [-0.4, -0.2) is 56.7 Å². The van der Waals surface area contributed by atoms with Crippen LogP contribution in [0.15, 0.2) is 18.3 Å². The fourth-order valence-corrected chi connectivity index (χ4v) is 4.20. The molecule has 27 heavy (non-hydrogen) atoms. The fraction of sp³-hybridized carbons (Fsp3) is 0.550. The van der Waals surface area contributed by atoms with Crippen molar-refractivity contribution in [2.24, 2.45) is 0 Å². The van der Waals surface area contributed by atoms with E-state index in [0.29, 0.717) is 25.2 Å². The minimum atomic E-state index is -0.603. The second-order valence-corrected chi connectivity index (χ2v) is 7.60. The van der Waals surface area contributed by atoms with E-state index in [1.807, 2.05) is 11.8 Å². The van der Waals surface area contributed by atoms with Gasteiger partial charge >= 0.3 is 0 Å². The molecule has 2 aliphatic heterocycles. The third kappa shape index (κ3) is 3.42. The Morgan fingerprint density at radius 3 is 2.93 bits per heavy atom. The smallest absolute Gasteiger partial charge is 0.277 e. The Morgan fingerprint density at radius 2 is 2.15 bits per heavy atom. The number of carbonyl (C=O) groups is 2. The molecule has 0 aromatic carbocycles. The summed E-state index contributed by atoms with van der Waals surface area (Å²) in [6, 6.07) is 3.60. The first-order chi connectivity index (χ1) is 13.0. The predicted octanol–water partition coefficient (Wildman–Crippen LogP) is 2.79. The summed E-state index contributed by atoms with van der Waals surface area (Å²) in [7, 11) is 0. The highest BCUT2D eigenvalue weighted by Gasteiger charge is 2.32. The van der Waals surface area contributed by atoms with Crippen molar-refractivity contribution in [3.8, 4) is 0 Å². The van der Waals surface area contributed by atoms with Crippen molar-refractivity contribution >= 4 is 17.5 Å². The van der Waals surface area contributed by atoms with E-state index in [4.69, 9.17) is 0 Å². The summed E-state index contributed by atoms with van der Waals surface area (Å²) in [6.45, 7) is 4.00. The zero-order valence-electron chi connectivity index (χ0n) is 15.7. The molecule has 0 aliphatic carbocycles. The lowest BCUT2D eigenvalue weighted by Gasteiger charge is -2.36. The molecule has 6 nitrogen and oxygen atoms in total. The molecule has 0 radical (unpaired) electrons. The van der Waals surface area contributed by atoms with Gasteiger partial charge in [-0.05, 0) is 56.7 Å². The summed E-state index contributed by atoms with van der Waals surface area (Å²) in [6.07, 6.45) is 6.75. The molecule has 0 N–H and O–H groups in total. The lowest BCUT2D eigenvalue weighted by molar-refractivity contribution is -0.127. The molecule has 1 atom stereocenters. The van der Waals surface area contributed by atoms with E-state index in [9.17, 15) is 14.0 Å². The van der Waals surface area contributed by atoms with Crippen molar-refractivity contribution in [1.29, 1.82) is 0 Å². The predicted molar refractivity (Wildman–Crippen MR) is 99.0 cm³/mol. The number of hydrogen-bond donors (Lipinski definition) is 0. The number of halogens is 1. The lowest BCUT2D eigenvalue weighted by atomic mass is 9.98. The van der Waals surface area contributed by atoms with Crippen LogP contribution in [-0.2, 0) is 4.79 Å². The number of rotatable bonds is 4. The molecule has 7 heteroatoms. The van der Waals surface area contributed by atoms with Crippen molar-refractivity contribution in [3.63, 3.8) is 0 Å². The second kappa shape index (κ2) is 7.29. The molecular weight excluding hydrogens is 347 g/mol. The van der Waals surface area contributed by atoms with Gasteiger partial charge in [0, 0.05) is 38.3 Å². The first-order valence-corrected chi connectivity index (χ1v) is 9.77. The van der Waals surface area contributed by atoms with Gasteiger partial charge in [-0.15, -0.1) is 0 Å². The summed E-state index contributed by atoms with van der Waals surface area (Å²) in [4.78, 5) is 32.8. The topological polar surface area (TPSA) is 57.9 Å². The number of imidazole rings is 1. The fourth-order valence-electron chi connectivity index (χ4n) is 4.20. The first kappa shape index (κ1) is 17.9. The number of aromatic nitrogens is 2. The van der Waals surface area contributed by atoms with E-state index in [2.05, 4.69) is 4.98 Å². The molecule has 2 saturated heterocycles. The van der Waals surface area contributed by atoms with Crippen LogP contribution in [0.2, 0.25) is 0 Å². The van der Waals surface area contributed by atoms with E-state index in [0.717, 1.165) is 44.2 Å². The van der Waals surface area contributed by atoms with Crippen LogP contribution in [0.25, 0.3) is 5.65 Å². The SMILES string of the molecule is Cc1ccn2c(F)c(C(=O)N3CCCC[C@H]3CCN3CCCC3=O)nc2c1. The van der Waals surface area contributed by atoms with Gasteiger partial charge in [-0.2, -0.15) is 4.39 Å². The van der Waals surface area contributed by atoms with Gasteiger partial charge in [-0.1, -0.05) is 0 Å². The summed E-state index contributed by atoms with van der Waals surface area (Å²) >= 11 is 0.